The second kappa shape index (κ2) is 25.2. The maximum atomic E-state index is 7.23. The van der Waals surface area contributed by atoms with Crippen molar-refractivity contribution in [1.29, 1.82) is 0 Å². The molecular formula is C108H99BN4O2. The fourth-order valence-corrected chi connectivity index (χ4v) is 18.7. The average molecular weight is 1500 g/mol. The Bertz CT molecular complexity index is 6920. The van der Waals surface area contributed by atoms with Crippen LogP contribution >= 0.6 is 0 Å². The summed E-state index contributed by atoms with van der Waals surface area (Å²) in [5.41, 5.74) is 33.9. The lowest BCUT2D eigenvalue weighted by atomic mass is 9.33. The van der Waals surface area contributed by atoms with E-state index in [1.54, 1.807) is 0 Å². The first-order chi connectivity index (χ1) is 54.8. The summed E-state index contributed by atoms with van der Waals surface area (Å²) in [6.45, 7) is 41.8. The zero-order valence-corrected chi connectivity index (χ0v) is 69.7. The molecule has 2 aliphatic rings. The molecule has 14 aromatic carbocycles. The number of benzene rings is 14. The van der Waals surface area contributed by atoms with Crippen LogP contribution in [-0.4, -0.2) is 15.8 Å². The minimum Gasteiger partial charge on any atom is -0.456 e. The Kier molecular flexibility index (Phi) is 15.8. The van der Waals surface area contributed by atoms with Crippen molar-refractivity contribution in [3.8, 4) is 44.8 Å². The summed E-state index contributed by atoms with van der Waals surface area (Å²) < 4.78 is 19.6. The molecule has 0 atom stereocenters. The zero-order valence-electron chi connectivity index (χ0n) is 69.7. The van der Waals surface area contributed by atoms with Gasteiger partial charge in [-0.05, 0) is 225 Å². The highest BCUT2D eigenvalue weighted by molar-refractivity contribution is 7.00. The Morgan fingerprint density at radius 2 is 0.687 bits per heavy atom. The van der Waals surface area contributed by atoms with Crippen LogP contribution in [0.5, 0.6) is 0 Å². The lowest BCUT2D eigenvalue weighted by molar-refractivity contribution is 0.569. The standard InChI is InChI=1S/C108H99BN4O2/c1-103(2,3)69-38-46-86-80(57-69)81-58-70(104(4,5)6)39-47-87(81)110(86)75-42-44-84-91(61-75)113(102-77(65-31-23-20-24-32-65)43-50-97-100(102)79-34-26-28-36-96(79)114-97)94-63-76(111-88-48-40-71(105(7,8)9)59-82(88)83-60-72(106(10,11)12)41-49-89(83)111)62-93-101(94)109(84)85-53-66(67-51-73(107(13,14)15)56-74(52-67)108(16,17)18)37-45-90(85)112(93)92-54-68(64-29-21-19-22-30-64)55-98-99(92)78-33-25-27-35-95(78)115-98/h19-63H,1-18H3. The topological polar surface area (TPSA) is 42.6 Å². The molecule has 0 saturated heterocycles. The van der Waals surface area contributed by atoms with Crippen molar-refractivity contribution < 1.29 is 8.83 Å². The molecule has 0 saturated carbocycles. The Morgan fingerprint density at radius 3 is 1.20 bits per heavy atom. The Hall–Kier alpha value is -12.1. The third kappa shape index (κ3) is 11.5. The molecule has 7 heteroatoms. The van der Waals surface area contributed by atoms with Crippen LogP contribution in [0.25, 0.3) is 132 Å². The molecule has 0 aliphatic carbocycles. The summed E-state index contributed by atoms with van der Waals surface area (Å²) in [6, 6.07) is 105. The number of rotatable bonds is 7. The second-order valence-electron chi connectivity index (χ2n) is 39.0. The fraction of sp³-hybridized carbons (Fsp3) is 0.222. The van der Waals surface area contributed by atoms with Crippen LogP contribution in [0.15, 0.2) is 282 Å². The van der Waals surface area contributed by atoms with E-state index in [9.17, 15) is 0 Å². The van der Waals surface area contributed by atoms with Gasteiger partial charge in [0.2, 0.25) is 0 Å². The molecule has 2 aliphatic heterocycles. The lowest BCUT2D eigenvalue weighted by Gasteiger charge is -2.45. The molecule has 6 nitrogen and oxygen atoms in total. The SMILES string of the molecule is CC(C)(C)c1cc(-c2ccc3c(c2)B2c4ccc(-n5c6ccc(C(C)(C)C)cc6c6cc(C(C)(C)C)ccc65)cc4N(c4c(-c5ccccc5)ccc5oc6ccccc6c45)c4cc(-n5c6ccc(C(C)(C)C)cc6c6cc(C(C)(C)C)ccc65)cc(c42)N3c2cc(-c3ccccc3)cc3oc4ccccc4c23)cc(C(C)(C)C)c1. The normalized spacial score (nSPS) is 13.6. The number of anilines is 6. The lowest BCUT2D eigenvalue weighted by Crippen LogP contribution is -2.61. The summed E-state index contributed by atoms with van der Waals surface area (Å²) in [6.07, 6.45) is 0. The first-order valence-corrected chi connectivity index (χ1v) is 41.2. The van der Waals surface area contributed by atoms with Crippen LogP contribution in [0, 0.1) is 0 Å². The first-order valence-electron chi connectivity index (χ1n) is 41.2. The monoisotopic (exact) mass is 1490 g/mol. The van der Waals surface area contributed by atoms with Crippen molar-refractivity contribution in [1.82, 2.24) is 9.13 Å². The fourth-order valence-electron chi connectivity index (χ4n) is 18.7. The van der Waals surface area contributed by atoms with Gasteiger partial charge in [0.05, 0.1) is 49.9 Å². The number of aromatic nitrogens is 2. The Labute approximate surface area is 676 Å². The minimum absolute atomic E-state index is 0.0839. The van der Waals surface area contributed by atoms with Gasteiger partial charge in [-0.25, -0.2) is 0 Å². The number of fused-ring (bicyclic) bond motifs is 16. The van der Waals surface area contributed by atoms with Crippen LogP contribution in [0.4, 0.5) is 34.1 Å². The predicted molar refractivity (Wildman–Crippen MR) is 492 cm³/mol. The van der Waals surface area contributed by atoms with Gasteiger partial charge < -0.3 is 27.8 Å². The van der Waals surface area contributed by atoms with E-state index in [0.29, 0.717) is 0 Å². The van der Waals surface area contributed by atoms with E-state index >= 15 is 0 Å². The molecular weight excluding hydrogens is 1400 g/mol. The van der Waals surface area contributed by atoms with Crippen LogP contribution in [0.3, 0.4) is 0 Å². The third-order valence-corrected chi connectivity index (χ3v) is 25.2. The van der Waals surface area contributed by atoms with Crippen molar-refractivity contribution in [2.45, 2.75) is 157 Å². The maximum absolute atomic E-state index is 7.23. The Balaban J connectivity index is 0.999. The van der Waals surface area contributed by atoms with Gasteiger partial charge in [0.25, 0.3) is 6.71 Å². The van der Waals surface area contributed by atoms with Crippen LogP contribution < -0.4 is 26.2 Å². The van der Waals surface area contributed by atoms with Crippen LogP contribution in [0.1, 0.15) is 158 Å². The minimum atomic E-state index is -0.337. The summed E-state index contributed by atoms with van der Waals surface area (Å²) in [4.78, 5) is 5.36. The van der Waals surface area contributed by atoms with Gasteiger partial charge in [-0.3, -0.25) is 0 Å². The van der Waals surface area contributed by atoms with E-state index in [0.717, 1.165) is 134 Å². The number of hydrogen-bond acceptors (Lipinski definition) is 4. The van der Waals surface area contributed by atoms with Gasteiger partial charge in [-0.15, -0.1) is 0 Å². The van der Waals surface area contributed by atoms with Gasteiger partial charge in [0, 0.05) is 66.3 Å². The smallest absolute Gasteiger partial charge is 0.252 e. The number of furan rings is 2. The molecule has 0 fully saturated rings. The van der Waals surface area contributed by atoms with Crippen LogP contribution in [0.2, 0.25) is 0 Å². The van der Waals surface area contributed by atoms with Crippen molar-refractivity contribution in [2.24, 2.45) is 0 Å². The summed E-state index contributed by atoms with van der Waals surface area (Å²) >= 11 is 0. The van der Waals surface area contributed by atoms with Gasteiger partial charge >= 0.3 is 0 Å². The van der Waals surface area contributed by atoms with Gasteiger partial charge in [0.15, 0.2) is 0 Å². The maximum Gasteiger partial charge on any atom is 0.252 e. The molecule has 0 radical (unpaired) electrons. The number of hydrogen-bond donors (Lipinski definition) is 0. The molecule has 0 unspecified atom stereocenters. The van der Waals surface area contributed by atoms with Crippen LogP contribution in [-0.2, 0) is 32.5 Å². The molecule has 0 N–H and O–H groups in total. The summed E-state index contributed by atoms with van der Waals surface area (Å²) in [5.74, 6) is 0. The molecule has 20 rings (SSSR count). The molecule has 4 aromatic heterocycles. The van der Waals surface area contributed by atoms with Crippen molar-refractivity contribution in [3.63, 3.8) is 0 Å². The molecule has 115 heavy (non-hydrogen) atoms. The molecule has 566 valence electrons. The number of para-hydroxylation sites is 2. The zero-order chi connectivity index (χ0) is 79.6. The van der Waals surface area contributed by atoms with E-state index in [1.807, 2.05) is 0 Å². The van der Waals surface area contributed by atoms with E-state index in [1.165, 1.54) is 82.4 Å². The highest BCUT2D eigenvalue weighted by Gasteiger charge is 2.46. The largest absolute Gasteiger partial charge is 0.456 e. The molecule has 6 heterocycles. The number of nitrogens with zero attached hydrogens (tertiary/aromatic N) is 4. The highest BCUT2D eigenvalue weighted by Crippen LogP contribution is 2.55. The molecule has 18 aromatic rings. The van der Waals surface area contributed by atoms with E-state index < -0.39 is 0 Å². The average Bonchev–Trinajstić information content (AvgIpc) is 1.59. The highest BCUT2D eigenvalue weighted by atomic mass is 16.3. The van der Waals surface area contributed by atoms with Crippen molar-refractivity contribution in [2.75, 3.05) is 9.80 Å². The van der Waals surface area contributed by atoms with E-state index in [2.05, 4.69) is 417 Å². The summed E-state index contributed by atoms with van der Waals surface area (Å²) in [7, 11) is 0. The molecule has 0 amide bonds. The van der Waals surface area contributed by atoms with E-state index in [-0.39, 0.29) is 39.2 Å². The van der Waals surface area contributed by atoms with Gasteiger partial charge in [0.1, 0.15) is 22.3 Å². The van der Waals surface area contributed by atoms with E-state index in [4.69, 9.17) is 8.83 Å². The summed E-state index contributed by atoms with van der Waals surface area (Å²) in [5, 5.41) is 9.13. The second-order valence-corrected chi connectivity index (χ2v) is 39.0. The molecule has 0 bridgehead atoms. The Morgan fingerprint density at radius 1 is 0.243 bits per heavy atom. The first kappa shape index (κ1) is 71.9. The van der Waals surface area contributed by atoms with Crippen molar-refractivity contribution in [3.05, 3.63) is 306 Å². The quantitative estimate of drug-likeness (QED) is 0.149. The predicted octanol–water partition coefficient (Wildman–Crippen LogP) is 28.5. The van der Waals surface area contributed by atoms with Crippen molar-refractivity contribution >= 4 is 145 Å². The molecule has 0 spiro atoms. The third-order valence-electron chi connectivity index (χ3n) is 25.2. The van der Waals surface area contributed by atoms with Gasteiger partial charge in [-0.1, -0.05) is 282 Å². The van der Waals surface area contributed by atoms with Gasteiger partial charge in [-0.2, -0.15) is 0 Å².